The van der Waals surface area contributed by atoms with Crippen molar-refractivity contribution in [1.82, 2.24) is 19.9 Å². The summed E-state index contributed by atoms with van der Waals surface area (Å²) in [4.78, 5) is 28.0. The summed E-state index contributed by atoms with van der Waals surface area (Å²) >= 11 is 0. The average Bonchev–Trinajstić information content (AvgIpc) is 3.05. The molecule has 7 nitrogen and oxygen atoms in total. The number of hydrogen-bond acceptors (Lipinski definition) is 4. The number of primary amides is 1. The van der Waals surface area contributed by atoms with E-state index in [0.29, 0.717) is 5.56 Å². The highest BCUT2D eigenvalue weighted by Gasteiger charge is 2.37. The van der Waals surface area contributed by atoms with Crippen molar-refractivity contribution >= 4 is 17.5 Å². The van der Waals surface area contributed by atoms with Crippen LogP contribution in [0.25, 0.3) is 16.9 Å². The van der Waals surface area contributed by atoms with Crippen molar-refractivity contribution in [3.8, 4) is 11.3 Å². The Kier molecular flexibility index (Phi) is 4.99. The first-order valence-electron chi connectivity index (χ1n) is 8.32. The lowest BCUT2D eigenvalue weighted by atomic mass is 10.0. The molecule has 1 atom stereocenters. The summed E-state index contributed by atoms with van der Waals surface area (Å²) in [6.07, 6.45) is -3.57. The maximum absolute atomic E-state index is 14.4. The second kappa shape index (κ2) is 7.15. The van der Waals surface area contributed by atoms with E-state index in [4.69, 9.17) is 5.73 Å². The van der Waals surface area contributed by atoms with Crippen LogP contribution in [0.3, 0.4) is 0 Å². The molecule has 11 heteroatoms. The lowest BCUT2D eigenvalue weighted by Crippen LogP contribution is -2.43. The zero-order valence-corrected chi connectivity index (χ0v) is 15.2. The van der Waals surface area contributed by atoms with Crippen LogP contribution < -0.4 is 11.1 Å². The van der Waals surface area contributed by atoms with Gasteiger partial charge in [-0.15, -0.1) is 0 Å². The van der Waals surface area contributed by atoms with Crippen LogP contribution >= 0.6 is 0 Å². The Morgan fingerprint density at radius 1 is 1.28 bits per heavy atom. The standard InChI is InChI=1S/C18H15F4N5O2/c1-8-6-12(14-10(15(23)28)4-3-5-11(14)19)26-27-13(7-24-16(8)27)17(29)25-9(2)18(20,21)22/h3-7,9H,1-2H3,(H2,23,28)(H,25,29). The van der Waals surface area contributed by atoms with Crippen molar-refractivity contribution in [2.75, 3.05) is 0 Å². The first kappa shape index (κ1) is 20.2. The van der Waals surface area contributed by atoms with Crippen LogP contribution in [0.4, 0.5) is 17.6 Å². The highest BCUT2D eigenvalue weighted by atomic mass is 19.4. The fourth-order valence-electron chi connectivity index (χ4n) is 2.74. The molecule has 0 aliphatic heterocycles. The van der Waals surface area contributed by atoms with Crippen LogP contribution in [-0.2, 0) is 0 Å². The van der Waals surface area contributed by atoms with Gasteiger partial charge in [0.25, 0.3) is 5.91 Å². The van der Waals surface area contributed by atoms with Crippen LogP contribution in [-0.4, -0.2) is 38.6 Å². The number of nitrogens with one attached hydrogen (secondary N) is 1. The topological polar surface area (TPSA) is 102 Å². The van der Waals surface area contributed by atoms with Gasteiger partial charge in [0.2, 0.25) is 5.91 Å². The summed E-state index contributed by atoms with van der Waals surface area (Å²) in [6, 6.07) is 3.06. The van der Waals surface area contributed by atoms with E-state index in [1.807, 2.05) is 5.32 Å². The highest BCUT2D eigenvalue weighted by Crippen LogP contribution is 2.27. The maximum atomic E-state index is 14.4. The second-order valence-corrected chi connectivity index (χ2v) is 6.35. The van der Waals surface area contributed by atoms with Gasteiger partial charge in [-0.1, -0.05) is 6.07 Å². The number of alkyl halides is 3. The summed E-state index contributed by atoms with van der Waals surface area (Å²) in [5.74, 6) is -2.72. The van der Waals surface area contributed by atoms with Gasteiger partial charge in [-0.3, -0.25) is 9.59 Å². The van der Waals surface area contributed by atoms with Crippen molar-refractivity contribution < 1.29 is 27.2 Å². The van der Waals surface area contributed by atoms with Gasteiger partial charge in [0, 0.05) is 0 Å². The Morgan fingerprint density at radius 2 is 1.97 bits per heavy atom. The van der Waals surface area contributed by atoms with Crippen LogP contribution in [0.15, 0.2) is 30.5 Å². The first-order chi connectivity index (χ1) is 13.5. The van der Waals surface area contributed by atoms with Crippen LogP contribution in [0, 0.1) is 12.7 Å². The SMILES string of the molecule is Cc1cc(-c2c(F)cccc2C(N)=O)nn2c(C(=O)NC(C)C(F)(F)F)cnc12. The fraction of sp³-hybridized carbons (Fsp3) is 0.222. The Bertz CT molecular complexity index is 1120. The smallest absolute Gasteiger partial charge is 0.366 e. The zero-order valence-electron chi connectivity index (χ0n) is 15.2. The molecular formula is C18H15F4N5O2. The third kappa shape index (κ3) is 3.75. The van der Waals surface area contributed by atoms with E-state index in [1.54, 1.807) is 6.92 Å². The first-order valence-corrected chi connectivity index (χ1v) is 8.32. The van der Waals surface area contributed by atoms with Crippen LogP contribution in [0.1, 0.15) is 33.3 Å². The second-order valence-electron chi connectivity index (χ2n) is 6.35. The van der Waals surface area contributed by atoms with Gasteiger partial charge >= 0.3 is 6.18 Å². The van der Waals surface area contributed by atoms with Gasteiger partial charge in [0.15, 0.2) is 11.3 Å². The summed E-state index contributed by atoms with van der Waals surface area (Å²) in [6.45, 7) is 2.39. The summed E-state index contributed by atoms with van der Waals surface area (Å²) in [5.41, 5.74) is 5.32. The van der Waals surface area contributed by atoms with Gasteiger partial charge in [0.1, 0.15) is 11.9 Å². The normalized spacial score (nSPS) is 12.8. The number of halogens is 4. The van der Waals surface area contributed by atoms with Crippen molar-refractivity contribution in [1.29, 1.82) is 0 Å². The summed E-state index contributed by atoms with van der Waals surface area (Å²) in [5, 5.41) is 5.95. The molecule has 0 aliphatic rings. The number of carbonyl (C=O) groups is 2. The van der Waals surface area contributed by atoms with E-state index in [9.17, 15) is 27.2 Å². The van der Waals surface area contributed by atoms with E-state index < -0.39 is 29.8 Å². The molecule has 1 aromatic carbocycles. The number of nitrogens with zero attached hydrogens (tertiary/aromatic N) is 3. The molecule has 29 heavy (non-hydrogen) atoms. The number of nitrogens with two attached hydrogens (primary N) is 1. The Labute approximate surface area is 161 Å². The lowest BCUT2D eigenvalue weighted by Gasteiger charge is -2.16. The number of fused-ring (bicyclic) bond motifs is 1. The van der Waals surface area contributed by atoms with Crippen molar-refractivity contribution in [2.24, 2.45) is 5.73 Å². The van der Waals surface area contributed by atoms with Crippen LogP contribution in [0.2, 0.25) is 0 Å². The number of rotatable bonds is 4. The van der Waals surface area contributed by atoms with E-state index in [0.717, 1.165) is 23.7 Å². The van der Waals surface area contributed by atoms with E-state index >= 15 is 0 Å². The molecule has 3 rings (SSSR count). The third-order valence-corrected chi connectivity index (χ3v) is 4.26. The number of imidazole rings is 1. The monoisotopic (exact) mass is 409 g/mol. The fourth-order valence-corrected chi connectivity index (χ4v) is 2.74. The quantitative estimate of drug-likeness (QED) is 0.647. The molecule has 0 saturated heterocycles. The molecule has 1 unspecified atom stereocenters. The minimum Gasteiger partial charge on any atom is -0.366 e. The molecule has 0 spiro atoms. The average molecular weight is 409 g/mol. The van der Waals surface area contributed by atoms with Crippen molar-refractivity contribution in [3.63, 3.8) is 0 Å². The largest absolute Gasteiger partial charge is 0.408 e. The summed E-state index contributed by atoms with van der Waals surface area (Å²) in [7, 11) is 0. The Hall–Kier alpha value is -3.50. The van der Waals surface area contributed by atoms with Crippen LogP contribution in [0.5, 0.6) is 0 Å². The van der Waals surface area contributed by atoms with Gasteiger partial charge in [0.05, 0.1) is 23.0 Å². The summed E-state index contributed by atoms with van der Waals surface area (Å²) < 4.78 is 53.7. The number of aromatic nitrogens is 3. The molecule has 0 radical (unpaired) electrons. The minimum atomic E-state index is -4.63. The van der Waals surface area contributed by atoms with E-state index in [-0.39, 0.29) is 28.2 Å². The molecule has 3 aromatic rings. The predicted octanol–water partition coefficient (Wildman–Crippen LogP) is 2.62. The van der Waals surface area contributed by atoms with Crippen molar-refractivity contribution in [3.05, 3.63) is 53.1 Å². The highest BCUT2D eigenvalue weighted by molar-refractivity contribution is 5.99. The minimum absolute atomic E-state index is 0.0298. The lowest BCUT2D eigenvalue weighted by molar-refractivity contribution is -0.149. The molecule has 2 aromatic heterocycles. The van der Waals surface area contributed by atoms with Gasteiger partial charge in [-0.25, -0.2) is 13.9 Å². The van der Waals surface area contributed by atoms with Gasteiger partial charge in [-0.05, 0) is 37.6 Å². The van der Waals surface area contributed by atoms with E-state index in [1.165, 1.54) is 18.2 Å². The molecule has 0 bridgehead atoms. The third-order valence-electron chi connectivity index (χ3n) is 4.26. The van der Waals surface area contributed by atoms with Gasteiger partial charge < -0.3 is 11.1 Å². The number of carbonyl (C=O) groups excluding carboxylic acids is 2. The zero-order chi connectivity index (χ0) is 21.5. The molecule has 152 valence electrons. The van der Waals surface area contributed by atoms with Gasteiger partial charge in [-0.2, -0.15) is 18.3 Å². The number of benzene rings is 1. The molecule has 0 saturated carbocycles. The number of hydrogen-bond donors (Lipinski definition) is 2. The molecule has 2 amide bonds. The number of amides is 2. The maximum Gasteiger partial charge on any atom is 0.408 e. The Morgan fingerprint density at radius 3 is 2.59 bits per heavy atom. The molecular weight excluding hydrogens is 394 g/mol. The molecule has 0 fully saturated rings. The van der Waals surface area contributed by atoms with Crippen molar-refractivity contribution in [2.45, 2.75) is 26.1 Å². The number of aryl methyl sites for hydroxylation is 1. The molecule has 2 heterocycles. The Balaban J connectivity index is 2.14. The molecule has 0 aliphatic carbocycles. The predicted molar refractivity (Wildman–Crippen MR) is 94.6 cm³/mol. The van der Waals surface area contributed by atoms with E-state index in [2.05, 4.69) is 10.1 Å². The molecule has 3 N–H and O–H groups in total.